The fraction of sp³-hybridized carbons (Fsp3) is 0.500. The van der Waals surface area contributed by atoms with Crippen LogP contribution in [0, 0.1) is 12.7 Å². The number of anilines is 1. The Hall–Kier alpha value is -1.05. The largest absolute Gasteiger partial charge is 0.385 e. The SMILES string of the molecule is Cc1cc(F)cc2c1NCCC2(C)C. The van der Waals surface area contributed by atoms with Crippen LogP contribution in [0.5, 0.6) is 0 Å². The van der Waals surface area contributed by atoms with E-state index in [9.17, 15) is 4.39 Å². The molecule has 1 aromatic carbocycles. The average molecular weight is 193 g/mol. The van der Waals surface area contributed by atoms with Crippen molar-refractivity contribution in [2.75, 3.05) is 11.9 Å². The first-order valence-electron chi connectivity index (χ1n) is 5.05. The Balaban J connectivity index is 2.63. The van der Waals surface area contributed by atoms with E-state index in [1.165, 1.54) is 0 Å². The molecule has 0 unspecified atom stereocenters. The third-order valence-electron chi connectivity index (χ3n) is 3.08. The Bertz CT molecular complexity index is 369. The molecule has 0 atom stereocenters. The molecule has 2 rings (SSSR count). The van der Waals surface area contributed by atoms with Gasteiger partial charge in [-0.05, 0) is 42.0 Å². The highest BCUT2D eigenvalue weighted by Gasteiger charge is 2.28. The van der Waals surface area contributed by atoms with Crippen LogP contribution in [0.4, 0.5) is 10.1 Å². The van der Waals surface area contributed by atoms with Crippen LogP contribution in [0.15, 0.2) is 12.1 Å². The van der Waals surface area contributed by atoms with Crippen molar-refractivity contribution in [3.05, 3.63) is 29.1 Å². The predicted octanol–water partition coefficient (Wildman–Crippen LogP) is 3.23. The topological polar surface area (TPSA) is 12.0 Å². The van der Waals surface area contributed by atoms with Gasteiger partial charge >= 0.3 is 0 Å². The fourth-order valence-corrected chi connectivity index (χ4v) is 2.15. The molecule has 0 aromatic heterocycles. The Morgan fingerprint density at radius 3 is 2.79 bits per heavy atom. The highest BCUT2D eigenvalue weighted by molar-refractivity contribution is 5.61. The van der Waals surface area contributed by atoms with Gasteiger partial charge < -0.3 is 5.32 Å². The van der Waals surface area contributed by atoms with Gasteiger partial charge in [0.05, 0.1) is 0 Å². The molecule has 0 bridgehead atoms. The van der Waals surface area contributed by atoms with E-state index < -0.39 is 0 Å². The Labute approximate surface area is 84.3 Å². The second kappa shape index (κ2) is 2.97. The second-order valence-electron chi connectivity index (χ2n) is 4.71. The van der Waals surface area contributed by atoms with Crippen LogP contribution in [-0.4, -0.2) is 6.54 Å². The van der Waals surface area contributed by atoms with Gasteiger partial charge in [-0.15, -0.1) is 0 Å². The maximum Gasteiger partial charge on any atom is 0.123 e. The van der Waals surface area contributed by atoms with Gasteiger partial charge in [-0.25, -0.2) is 4.39 Å². The van der Waals surface area contributed by atoms with Crippen molar-refractivity contribution in [3.63, 3.8) is 0 Å². The molecule has 14 heavy (non-hydrogen) atoms. The van der Waals surface area contributed by atoms with Crippen molar-refractivity contribution < 1.29 is 4.39 Å². The molecule has 2 heteroatoms. The van der Waals surface area contributed by atoms with Crippen molar-refractivity contribution >= 4 is 5.69 Å². The van der Waals surface area contributed by atoms with Crippen LogP contribution < -0.4 is 5.32 Å². The van der Waals surface area contributed by atoms with Gasteiger partial charge in [0.15, 0.2) is 0 Å². The molecule has 1 aliphatic rings. The minimum atomic E-state index is -0.127. The maximum atomic E-state index is 13.3. The van der Waals surface area contributed by atoms with Crippen LogP contribution in [0.1, 0.15) is 31.4 Å². The first-order chi connectivity index (χ1) is 6.50. The van der Waals surface area contributed by atoms with Crippen molar-refractivity contribution in [1.29, 1.82) is 0 Å². The van der Waals surface area contributed by atoms with Crippen LogP contribution in [0.2, 0.25) is 0 Å². The van der Waals surface area contributed by atoms with Crippen molar-refractivity contribution in [2.45, 2.75) is 32.6 Å². The molecule has 0 radical (unpaired) electrons. The van der Waals surface area contributed by atoms with E-state index >= 15 is 0 Å². The quantitative estimate of drug-likeness (QED) is 0.667. The maximum absolute atomic E-state index is 13.3. The first kappa shape index (κ1) is 9.50. The van der Waals surface area contributed by atoms with Gasteiger partial charge in [-0.2, -0.15) is 0 Å². The molecule has 76 valence electrons. The number of nitrogens with one attached hydrogen (secondary N) is 1. The van der Waals surface area contributed by atoms with Gasteiger partial charge in [-0.1, -0.05) is 13.8 Å². The number of hydrogen-bond donors (Lipinski definition) is 1. The third kappa shape index (κ3) is 1.39. The summed E-state index contributed by atoms with van der Waals surface area (Å²) in [4.78, 5) is 0. The van der Waals surface area contributed by atoms with Gasteiger partial charge in [0, 0.05) is 12.2 Å². The summed E-state index contributed by atoms with van der Waals surface area (Å²) >= 11 is 0. The lowest BCUT2D eigenvalue weighted by Crippen LogP contribution is -2.29. The lowest BCUT2D eigenvalue weighted by Gasteiger charge is -2.34. The van der Waals surface area contributed by atoms with Crippen LogP contribution in [0.3, 0.4) is 0 Å². The minimum Gasteiger partial charge on any atom is -0.385 e. The molecule has 1 nitrogen and oxygen atoms in total. The van der Waals surface area contributed by atoms with E-state index in [1.807, 2.05) is 6.92 Å². The van der Waals surface area contributed by atoms with E-state index in [1.54, 1.807) is 12.1 Å². The molecule has 0 aliphatic carbocycles. The van der Waals surface area contributed by atoms with Crippen LogP contribution in [-0.2, 0) is 5.41 Å². The second-order valence-corrected chi connectivity index (χ2v) is 4.71. The molecule has 0 spiro atoms. The zero-order valence-corrected chi connectivity index (χ0v) is 8.95. The summed E-state index contributed by atoms with van der Waals surface area (Å²) in [5, 5.41) is 3.35. The third-order valence-corrected chi connectivity index (χ3v) is 3.08. The summed E-state index contributed by atoms with van der Waals surface area (Å²) < 4.78 is 13.3. The molecular weight excluding hydrogens is 177 g/mol. The van der Waals surface area contributed by atoms with Crippen molar-refractivity contribution in [1.82, 2.24) is 0 Å². The lowest BCUT2D eigenvalue weighted by molar-refractivity contribution is 0.476. The Morgan fingerprint density at radius 2 is 2.07 bits per heavy atom. The van der Waals surface area contributed by atoms with Crippen LogP contribution in [0.25, 0.3) is 0 Å². The molecule has 1 aliphatic heterocycles. The van der Waals surface area contributed by atoms with Gasteiger partial charge in [0.2, 0.25) is 0 Å². The lowest BCUT2D eigenvalue weighted by atomic mass is 9.77. The molecule has 1 N–H and O–H groups in total. The fourth-order valence-electron chi connectivity index (χ4n) is 2.15. The number of halogens is 1. The van der Waals surface area contributed by atoms with Gasteiger partial charge in [-0.3, -0.25) is 0 Å². The summed E-state index contributed by atoms with van der Waals surface area (Å²) in [5.41, 5.74) is 3.34. The zero-order chi connectivity index (χ0) is 10.3. The number of rotatable bonds is 0. The first-order valence-corrected chi connectivity index (χ1v) is 5.05. The molecule has 0 saturated heterocycles. The van der Waals surface area contributed by atoms with Gasteiger partial charge in [0.1, 0.15) is 5.82 Å². The summed E-state index contributed by atoms with van der Waals surface area (Å²) in [7, 11) is 0. The summed E-state index contributed by atoms with van der Waals surface area (Å²) in [6.45, 7) is 7.28. The van der Waals surface area contributed by atoms with E-state index in [-0.39, 0.29) is 11.2 Å². The predicted molar refractivity (Wildman–Crippen MR) is 57.3 cm³/mol. The highest BCUT2D eigenvalue weighted by Crippen LogP contribution is 2.38. The highest BCUT2D eigenvalue weighted by atomic mass is 19.1. The number of aryl methyl sites for hydroxylation is 1. The standard InChI is InChI=1S/C12H16FN/c1-8-6-9(13)7-10-11(8)14-5-4-12(10,2)3/h6-7,14H,4-5H2,1-3H3. The summed E-state index contributed by atoms with van der Waals surface area (Å²) in [5.74, 6) is -0.127. The normalized spacial score (nSPS) is 18.6. The summed E-state index contributed by atoms with van der Waals surface area (Å²) in [6.07, 6.45) is 1.06. The monoisotopic (exact) mass is 193 g/mol. The molecule has 0 saturated carbocycles. The zero-order valence-electron chi connectivity index (χ0n) is 8.95. The van der Waals surface area contributed by atoms with Gasteiger partial charge in [0.25, 0.3) is 0 Å². The molecule has 0 fully saturated rings. The molecule has 0 amide bonds. The van der Waals surface area contributed by atoms with Crippen molar-refractivity contribution in [2.24, 2.45) is 0 Å². The van der Waals surface area contributed by atoms with Crippen LogP contribution >= 0.6 is 0 Å². The molecular formula is C12H16FN. The summed E-state index contributed by atoms with van der Waals surface area (Å²) in [6, 6.07) is 3.25. The number of benzene rings is 1. The number of fused-ring (bicyclic) bond motifs is 1. The van der Waals surface area contributed by atoms with E-state index in [2.05, 4.69) is 19.2 Å². The molecule has 1 heterocycles. The average Bonchev–Trinajstić information content (AvgIpc) is 2.06. The number of hydrogen-bond acceptors (Lipinski definition) is 1. The smallest absolute Gasteiger partial charge is 0.123 e. The Kier molecular flexibility index (Phi) is 2.02. The van der Waals surface area contributed by atoms with E-state index in [4.69, 9.17) is 0 Å². The van der Waals surface area contributed by atoms with E-state index in [0.717, 1.165) is 29.8 Å². The minimum absolute atomic E-state index is 0.0907. The van der Waals surface area contributed by atoms with E-state index in [0.29, 0.717) is 0 Å². The Morgan fingerprint density at radius 1 is 1.36 bits per heavy atom. The molecule has 1 aromatic rings. The van der Waals surface area contributed by atoms with Crippen molar-refractivity contribution in [3.8, 4) is 0 Å².